The van der Waals surface area contributed by atoms with E-state index in [-0.39, 0.29) is 41.0 Å². The minimum Gasteiger partial charge on any atom is -0.403 e. The molecule has 1 aromatic heterocycles. The number of carbonyl (C=O) groups excluding carboxylic acids is 1. The van der Waals surface area contributed by atoms with Crippen LogP contribution in [0.4, 0.5) is 10.1 Å². The Labute approximate surface area is 259 Å². The summed E-state index contributed by atoms with van der Waals surface area (Å²) in [5.74, 6) is -0.380. The normalized spacial score (nSPS) is 19.4. The highest BCUT2D eigenvalue weighted by atomic mass is 28.4. The first-order chi connectivity index (χ1) is 21.1. The lowest BCUT2D eigenvalue weighted by Crippen LogP contribution is -2.66. The van der Waals surface area contributed by atoms with Crippen LogP contribution in [0.15, 0.2) is 71.3 Å². The van der Waals surface area contributed by atoms with E-state index in [9.17, 15) is 4.79 Å². The van der Waals surface area contributed by atoms with Crippen LogP contribution in [0.2, 0.25) is 5.04 Å². The number of halogens is 1. The first-order valence-electron chi connectivity index (χ1n) is 15.6. The Hall–Kier alpha value is -3.53. The summed E-state index contributed by atoms with van der Waals surface area (Å²) < 4.78 is 35.5. The van der Waals surface area contributed by atoms with E-state index in [1.54, 1.807) is 0 Å². The second kappa shape index (κ2) is 12.1. The van der Waals surface area contributed by atoms with Crippen molar-refractivity contribution in [1.82, 2.24) is 10.5 Å². The summed E-state index contributed by atoms with van der Waals surface area (Å²) in [5, 5.41) is 9.38. The molecule has 1 saturated heterocycles. The summed E-state index contributed by atoms with van der Waals surface area (Å²) in [6, 6.07) is 22.6. The highest BCUT2D eigenvalue weighted by Gasteiger charge is 2.50. The van der Waals surface area contributed by atoms with E-state index in [1.807, 2.05) is 61.2 Å². The fraction of sp³-hybridized carbons (Fsp3) is 0.429. The summed E-state index contributed by atoms with van der Waals surface area (Å²) in [7, 11) is -2.94. The van der Waals surface area contributed by atoms with E-state index >= 15 is 4.39 Å². The van der Waals surface area contributed by atoms with Crippen molar-refractivity contribution in [2.45, 2.75) is 71.3 Å². The molecule has 2 heterocycles. The lowest BCUT2D eigenvalue weighted by Gasteiger charge is -2.43. The number of fused-ring (bicyclic) bond motifs is 1. The highest BCUT2D eigenvalue weighted by Crippen LogP contribution is 2.40. The third kappa shape index (κ3) is 5.80. The first kappa shape index (κ1) is 30.5. The smallest absolute Gasteiger partial charge is 0.274 e. The van der Waals surface area contributed by atoms with E-state index in [4.69, 9.17) is 13.7 Å². The minimum atomic E-state index is -2.94. The number of amides is 1. The van der Waals surface area contributed by atoms with Gasteiger partial charge in [0, 0.05) is 25.2 Å². The Morgan fingerprint density at radius 3 is 2.16 bits per heavy atom. The number of ether oxygens (including phenoxy) is 1. The van der Waals surface area contributed by atoms with Gasteiger partial charge in [-0.15, -0.1) is 0 Å². The summed E-state index contributed by atoms with van der Waals surface area (Å²) in [6.07, 6.45) is 2.05. The van der Waals surface area contributed by atoms with Crippen LogP contribution in [-0.2, 0) is 15.8 Å². The molecule has 2 aliphatic rings. The van der Waals surface area contributed by atoms with Crippen LogP contribution in [0, 0.1) is 11.7 Å². The molecule has 1 amide bonds. The van der Waals surface area contributed by atoms with Crippen molar-refractivity contribution >= 4 is 41.3 Å². The molecular formula is C35H42FN3O4Si. The number of benzene rings is 3. The number of aromatic nitrogens is 1. The second-order valence-electron chi connectivity index (χ2n) is 13.4. The van der Waals surface area contributed by atoms with Crippen molar-refractivity contribution in [3.8, 4) is 0 Å². The topological polar surface area (TPSA) is 76.8 Å². The second-order valence-corrected chi connectivity index (χ2v) is 17.7. The number of rotatable bonds is 9. The number of hydrogen-bond acceptors (Lipinski definition) is 6. The number of nitrogens with zero attached hydrogens (tertiary/aromatic N) is 2. The standard InChI is InChI=1S/C35H42FN3O4Si/c1-23-20-39(21-24(2)42-23)32-26(18-29-31(38-43-33(29)30(32)36)34(40)37-19-25-16-17-25)22-41-44(35(3,4)5,27-12-8-6-9-13-27)28-14-10-7-11-15-28/h6-15,18,23-25H,16-17,19-22H2,1-5H3,(H,37,40). The van der Waals surface area contributed by atoms with Gasteiger partial charge in [-0.05, 0) is 54.1 Å². The molecule has 6 rings (SSSR count). The van der Waals surface area contributed by atoms with Gasteiger partial charge in [0.2, 0.25) is 5.58 Å². The van der Waals surface area contributed by atoms with Crippen molar-refractivity contribution in [3.63, 3.8) is 0 Å². The van der Waals surface area contributed by atoms with Crippen LogP contribution in [0.1, 0.15) is 63.5 Å². The molecule has 7 nitrogen and oxygen atoms in total. The lowest BCUT2D eigenvalue weighted by atomic mass is 10.0. The third-order valence-corrected chi connectivity index (χ3v) is 13.8. The fourth-order valence-corrected chi connectivity index (χ4v) is 11.2. The molecule has 0 bridgehead atoms. The minimum absolute atomic E-state index is 0.0161. The van der Waals surface area contributed by atoms with Gasteiger partial charge in [0.05, 0.1) is 29.9 Å². The van der Waals surface area contributed by atoms with Gasteiger partial charge < -0.3 is 23.9 Å². The molecule has 1 aliphatic carbocycles. The molecular weight excluding hydrogens is 573 g/mol. The number of anilines is 1. The Morgan fingerprint density at radius 1 is 1.02 bits per heavy atom. The van der Waals surface area contributed by atoms with Gasteiger partial charge in [0.1, 0.15) is 0 Å². The van der Waals surface area contributed by atoms with Gasteiger partial charge in [-0.2, -0.15) is 0 Å². The Kier molecular flexibility index (Phi) is 8.39. The largest absolute Gasteiger partial charge is 0.403 e. The average molecular weight is 616 g/mol. The molecule has 2 unspecified atom stereocenters. The molecule has 3 aromatic carbocycles. The fourth-order valence-electron chi connectivity index (χ4n) is 6.65. The van der Waals surface area contributed by atoms with Crippen LogP contribution in [-0.4, -0.2) is 51.2 Å². The number of nitrogens with one attached hydrogen (secondary N) is 1. The maximum absolute atomic E-state index is 16.7. The zero-order valence-corrected chi connectivity index (χ0v) is 27.2. The Morgan fingerprint density at radius 2 is 1.61 bits per heavy atom. The van der Waals surface area contributed by atoms with Gasteiger partial charge in [-0.1, -0.05) is 86.6 Å². The molecule has 0 radical (unpaired) electrons. The molecule has 4 aromatic rings. The average Bonchev–Trinajstić information content (AvgIpc) is 3.73. The van der Waals surface area contributed by atoms with E-state index < -0.39 is 14.1 Å². The number of carbonyl (C=O) groups is 1. The summed E-state index contributed by atoms with van der Waals surface area (Å²) >= 11 is 0. The Bertz CT molecular complexity index is 1570. The van der Waals surface area contributed by atoms with E-state index in [2.05, 4.69) is 55.5 Å². The molecule has 1 aliphatic heterocycles. The molecule has 0 spiro atoms. The van der Waals surface area contributed by atoms with Crippen molar-refractivity contribution in [1.29, 1.82) is 0 Å². The summed E-state index contributed by atoms with van der Waals surface area (Å²) in [5.41, 5.74) is 1.15. The summed E-state index contributed by atoms with van der Waals surface area (Å²) in [4.78, 5) is 15.2. The van der Waals surface area contributed by atoms with E-state index in [1.165, 1.54) is 0 Å². The quantitative estimate of drug-likeness (QED) is 0.240. The van der Waals surface area contributed by atoms with Gasteiger partial charge in [-0.3, -0.25) is 4.79 Å². The lowest BCUT2D eigenvalue weighted by molar-refractivity contribution is -0.00549. The predicted molar refractivity (Wildman–Crippen MR) is 174 cm³/mol. The monoisotopic (exact) mass is 615 g/mol. The van der Waals surface area contributed by atoms with Crippen molar-refractivity contribution in [3.05, 3.63) is 83.8 Å². The van der Waals surface area contributed by atoms with Crippen LogP contribution in [0.5, 0.6) is 0 Å². The highest BCUT2D eigenvalue weighted by molar-refractivity contribution is 6.99. The zero-order valence-electron chi connectivity index (χ0n) is 26.2. The molecule has 9 heteroatoms. The zero-order chi connectivity index (χ0) is 31.1. The molecule has 232 valence electrons. The van der Waals surface area contributed by atoms with Crippen molar-refractivity contribution in [2.75, 3.05) is 24.5 Å². The van der Waals surface area contributed by atoms with Gasteiger partial charge in [-0.25, -0.2) is 4.39 Å². The number of hydrogen-bond donors (Lipinski definition) is 1. The predicted octanol–water partition coefficient (Wildman–Crippen LogP) is 5.80. The van der Waals surface area contributed by atoms with E-state index in [0.717, 1.165) is 23.2 Å². The van der Waals surface area contributed by atoms with Crippen LogP contribution in [0.25, 0.3) is 11.0 Å². The number of morpholine rings is 1. The summed E-state index contributed by atoms with van der Waals surface area (Å²) in [6.45, 7) is 12.4. The van der Waals surface area contributed by atoms with Crippen LogP contribution < -0.4 is 20.6 Å². The molecule has 2 fully saturated rings. The third-order valence-electron chi connectivity index (χ3n) is 8.82. The molecule has 44 heavy (non-hydrogen) atoms. The molecule has 2 atom stereocenters. The van der Waals surface area contributed by atoms with Gasteiger partial charge in [0.25, 0.3) is 14.2 Å². The van der Waals surface area contributed by atoms with Crippen molar-refractivity contribution < 1.29 is 22.9 Å². The Balaban J connectivity index is 1.48. The van der Waals surface area contributed by atoms with E-state index in [0.29, 0.717) is 42.2 Å². The van der Waals surface area contributed by atoms with Gasteiger partial charge >= 0.3 is 0 Å². The van der Waals surface area contributed by atoms with Gasteiger partial charge in [0.15, 0.2) is 11.5 Å². The molecule has 1 saturated carbocycles. The molecule has 1 N–H and O–H groups in total. The first-order valence-corrected chi connectivity index (χ1v) is 17.5. The maximum Gasteiger partial charge on any atom is 0.274 e. The van der Waals surface area contributed by atoms with Crippen LogP contribution >= 0.6 is 0 Å². The van der Waals surface area contributed by atoms with Crippen LogP contribution in [0.3, 0.4) is 0 Å². The van der Waals surface area contributed by atoms with Crippen molar-refractivity contribution in [2.24, 2.45) is 5.92 Å². The maximum atomic E-state index is 16.7. The SMILES string of the molecule is CC1CN(c2c(CO[Si](c3ccccc3)(c3ccccc3)C(C)(C)C)cc3c(C(=O)NCC4CC4)noc3c2F)CC(C)O1.